The van der Waals surface area contributed by atoms with E-state index in [0.717, 1.165) is 37.2 Å². The molecule has 3 saturated heterocycles. The van der Waals surface area contributed by atoms with Crippen LogP contribution in [-0.4, -0.2) is 97.0 Å². The third-order valence-electron chi connectivity index (χ3n) is 7.65. The molecule has 2 bridgehead atoms. The average molecular weight is 508 g/mol. The standard InChI is InChI=1S/C25H37N3O8/c1-25(16-29)8-11-27(12-9-25)20(31)5-3-2-4-10-26-19(30)15-34-13-14-35-28-23(32)21-17-6-7-18(36-17)22(21)24(28)33/h6-7,17-18,21-22,29H,2-5,8-16H2,1H3,(H,26,30). The van der Waals surface area contributed by atoms with E-state index in [9.17, 15) is 24.3 Å². The smallest absolute Gasteiger partial charge is 0.260 e. The molecule has 3 fully saturated rings. The van der Waals surface area contributed by atoms with Gasteiger partial charge in [-0.25, -0.2) is 0 Å². The Morgan fingerprint density at radius 3 is 2.39 bits per heavy atom. The number of ether oxygens (including phenoxy) is 2. The summed E-state index contributed by atoms with van der Waals surface area (Å²) in [7, 11) is 0. The molecule has 200 valence electrons. The van der Waals surface area contributed by atoms with Crippen LogP contribution in [0, 0.1) is 17.3 Å². The van der Waals surface area contributed by atoms with Crippen LogP contribution in [0.5, 0.6) is 0 Å². The minimum Gasteiger partial charge on any atom is -0.396 e. The fourth-order valence-corrected chi connectivity index (χ4v) is 5.22. The Morgan fingerprint density at radius 2 is 1.75 bits per heavy atom. The second-order valence-corrected chi connectivity index (χ2v) is 10.4. The second-order valence-electron chi connectivity index (χ2n) is 10.4. The molecule has 4 aliphatic rings. The minimum absolute atomic E-state index is 0.0158. The molecule has 0 aromatic rings. The van der Waals surface area contributed by atoms with Gasteiger partial charge in [0, 0.05) is 32.7 Å². The van der Waals surface area contributed by atoms with Gasteiger partial charge in [-0.1, -0.05) is 25.5 Å². The highest BCUT2D eigenvalue weighted by atomic mass is 16.7. The fraction of sp³-hybridized carbons (Fsp3) is 0.760. The van der Waals surface area contributed by atoms with Crippen molar-refractivity contribution in [2.24, 2.45) is 17.3 Å². The molecular formula is C25H37N3O8. The van der Waals surface area contributed by atoms with Crippen molar-refractivity contribution in [1.82, 2.24) is 15.3 Å². The number of fused-ring (bicyclic) bond motifs is 5. The lowest BCUT2D eigenvalue weighted by atomic mass is 9.81. The number of piperidine rings is 1. The summed E-state index contributed by atoms with van der Waals surface area (Å²) in [5, 5.41) is 13.0. The van der Waals surface area contributed by atoms with E-state index in [1.54, 1.807) is 0 Å². The summed E-state index contributed by atoms with van der Waals surface area (Å²) in [5.74, 6) is -1.89. The van der Waals surface area contributed by atoms with E-state index in [-0.39, 0.29) is 67.7 Å². The molecule has 0 spiro atoms. The van der Waals surface area contributed by atoms with Crippen LogP contribution in [0.4, 0.5) is 0 Å². The molecule has 0 aliphatic carbocycles. The van der Waals surface area contributed by atoms with E-state index in [2.05, 4.69) is 12.2 Å². The molecule has 4 aliphatic heterocycles. The molecule has 0 aromatic carbocycles. The van der Waals surface area contributed by atoms with Crippen LogP contribution in [0.15, 0.2) is 12.2 Å². The number of carbonyl (C=O) groups excluding carboxylic acids is 4. The van der Waals surface area contributed by atoms with Crippen molar-refractivity contribution in [3.8, 4) is 0 Å². The van der Waals surface area contributed by atoms with Crippen LogP contribution >= 0.6 is 0 Å². The number of hydrogen-bond acceptors (Lipinski definition) is 8. The summed E-state index contributed by atoms with van der Waals surface area (Å²) in [5.41, 5.74) is -0.0651. The average Bonchev–Trinajstić information content (AvgIpc) is 3.56. The van der Waals surface area contributed by atoms with Crippen LogP contribution in [-0.2, 0) is 33.5 Å². The van der Waals surface area contributed by atoms with Gasteiger partial charge in [-0.2, -0.15) is 5.06 Å². The summed E-state index contributed by atoms with van der Waals surface area (Å²) in [6.45, 7) is 4.04. The third-order valence-corrected chi connectivity index (χ3v) is 7.65. The van der Waals surface area contributed by atoms with Crippen molar-refractivity contribution in [2.45, 2.75) is 57.7 Å². The number of nitrogens with zero attached hydrogens (tertiary/aromatic N) is 2. The molecule has 0 saturated carbocycles. The van der Waals surface area contributed by atoms with Gasteiger partial charge in [0.2, 0.25) is 11.8 Å². The molecule has 11 nitrogen and oxygen atoms in total. The Hall–Kier alpha value is -2.34. The Bertz CT molecular complexity index is 839. The first-order valence-corrected chi connectivity index (χ1v) is 12.9. The first-order chi connectivity index (χ1) is 17.3. The quantitative estimate of drug-likeness (QED) is 0.205. The van der Waals surface area contributed by atoms with Gasteiger partial charge >= 0.3 is 0 Å². The van der Waals surface area contributed by atoms with Gasteiger partial charge < -0.3 is 24.8 Å². The highest BCUT2D eigenvalue weighted by molar-refractivity contribution is 6.05. The van der Waals surface area contributed by atoms with Gasteiger partial charge in [-0.15, -0.1) is 0 Å². The van der Waals surface area contributed by atoms with E-state index in [1.165, 1.54) is 0 Å². The van der Waals surface area contributed by atoms with Crippen molar-refractivity contribution in [1.29, 1.82) is 0 Å². The molecule has 4 amide bonds. The molecular weight excluding hydrogens is 470 g/mol. The van der Waals surface area contributed by atoms with E-state index in [1.807, 2.05) is 17.1 Å². The first-order valence-electron chi connectivity index (χ1n) is 12.9. The van der Waals surface area contributed by atoms with Gasteiger partial charge in [0.15, 0.2) is 0 Å². The summed E-state index contributed by atoms with van der Waals surface area (Å²) in [4.78, 5) is 56.3. The van der Waals surface area contributed by atoms with E-state index in [0.29, 0.717) is 26.1 Å². The topological polar surface area (TPSA) is 135 Å². The van der Waals surface area contributed by atoms with E-state index < -0.39 is 11.8 Å². The van der Waals surface area contributed by atoms with Crippen molar-refractivity contribution in [3.63, 3.8) is 0 Å². The van der Waals surface area contributed by atoms with E-state index in [4.69, 9.17) is 14.3 Å². The highest BCUT2D eigenvalue weighted by Crippen LogP contribution is 2.45. The number of hydrogen-bond donors (Lipinski definition) is 2. The second kappa shape index (κ2) is 11.8. The number of unbranched alkanes of at least 4 members (excludes halogenated alkanes) is 2. The summed E-state index contributed by atoms with van der Waals surface area (Å²) < 4.78 is 10.9. The molecule has 4 atom stereocenters. The number of nitrogens with one attached hydrogen (secondary N) is 1. The maximum absolute atomic E-state index is 12.4. The van der Waals surface area contributed by atoms with Crippen molar-refractivity contribution in [3.05, 3.63) is 12.2 Å². The number of likely N-dealkylation sites (tertiary alicyclic amines) is 1. The molecule has 11 heteroatoms. The number of carbonyl (C=O) groups is 4. The minimum atomic E-state index is -0.509. The third kappa shape index (κ3) is 5.96. The highest BCUT2D eigenvalue weighted by Gasteiger charge is 2.61. The zero-order chi connectivity index (χ0) is 25.7. The number of aliphatic hydroxyl groups excluding tert-OH is 1. The Balaban J connectivity index is 0.986. The maximum atomic E-state index is 12.4. The largest absolute Gasteiger partial charge is 0.396 e. The lowest BCUT2D eigenvalue weighted by molar-refractivity contribution is -0.195. The van der Waals surface area contributed by atoms with Gasteiger partial charge in [0.25, 0.3) is 11.8 Å². The SMILES string of the molecule is CC1(CO)CCN(C(=O)CCCCCNC(=O)COCCON2C(=O)C3C4C=CC(O4)C3C2=O)CC1. The number of imide groups is 1. The van der Waals surface area contributed by atoms with E-state index >= 15 is 0 Å². The van der Waals surface area contributed by atoms with Crippen LogP contribution < -0.4 is 5.32 Å². The Labute approximate surface area is 211 Å². The van der Waals surface area contributed by atoms with Crippen LogP contribution in [0.3, 0.4) is 0 Å². The molecule has 0 aromatic heterocycles. The van der Waals surface area contributed by atoms with Gasteiger partial charge in [0.1, 0.15) is 6.61 Å². The Kier molecular flexibility index (Phi) is 8.76. The molecule has 4 heterocycles. The predicted molar refractivity (Wildman–Crippen MR) is 126 cm³/mol. The normalized spacial score (nSPS) is 28.2. The molecule has 0 radical (unpaired) electrons. The van der Waals surface area contributed by atoms with Crippen molar-refractivity contribution < 1.29 is 38.6 Å². The summed E-state index contributed by atoms with van der Waals surface area (Å²) in [6.07, 6.45) is 7.46. The predicted octanol–water partition coefficient (Wildman–Crippen LogP) is 0.171. The number of amides is 4. The lowest BCUT2D eigenvalue weighted by Gasteiger charge is -2.38. The summed E-state index contributed by atoms with van der Waals surface area (Å²) in [6, 6.07) is 0. The zero-order valence-electron chi connectivity index (χ0n) is 20.9. The first kappa shape index (κ1) is 26.7. The zero-order valence-corrected chi connectivity index (χ0v) is 20.9. The van der Waals surface area contributed by atoms with Crippen molar-refractivity contribution >= 4 is 23.6 Å². The lowest BCUT2D eigenvalue weighted by Crippen LogP contribution is -2.43. The van der Waals surface area contributed by atoms with Crippen LogP contribution in [0.25, 0.3) is 0 Å². The number of hydroxylamine groups is 2. The van der Waals surface area contributed by atoms with Gasteiger partial charge in [0.05, 0.1) is 37.3 Å². The molecule has 4 rings (SSSR count). The molecule has 36 heavy (non-hydrogen) atoms. The molecule has 2 N–H and O–H groups in total. The van der Waals surface area contributed by atoms with Crippen molar-refractivity contribution in [2.75, 3.05) is 46.1 Å². The van der Waals surface area contributed by atoms with Crippen LogP contribution in [0.1, 0.15) is 45.4 Å². The van der Waals surface area contributed by atoms with Gasteiger partial charge in [-0.05, 0) is 31.1 Å². The summed E-state index contributed by atoms with van der Waals surface area (Å²) >= 11 is 0. The Morgan fingerprint density at radius 1 is 1.08 bits per heavy atom. The number of rotatable bonds is 13. The van der Waals surface area contributed by atoms with Gasteiger partial charge in [-0.3, -0.25) is 24.0 Å². The maximum Gasteiger partial charge on any atom is 0.260 e. The monoisotopic (exact) mass is 507 g/mol. The number of aliphatic hydroxyl groups is 1. The molecule has 4 unspecified atom stereocenters. The van der Waals surface area contributed by atoms with Crippen LogP contribution in [0.2, 0.25) is 0 Å². The fourth-order valence-electron chi connectivity index (χ4n) is 5.22.